The van der Waals surface area contributed by atoms with Gasteiger partial charge in [-0.1, -0.05) is 26.0 Å². The molecule has 1 aliphatic carbocycles. The number of allylic oxidation sites excluding steroid dienone is 1. The lowest BCUT2D eigenvalue weighted by atomic mass is 9.73. The summed E-state index contributed by atoms with van der Waals surface area (Å²) in [4.78, 5) is 46.4. The summed E-state index contributed by atoms with van der Waals surface area (Å²) in [5, 5.41) is 27.6. The minimum atomic E-state index is -1.29. The first-order valence-electron chi connectivity index (χ1n) is 8.45. The third-order valence-electron chi connectivity index (χ3n) is 5.10. The largest absolute Gasteiger partial charge is 0.481 e. The fourth-order valence-electron chi connectivity index (χ4n) is 2.77. The zero-order chi connectivity index (χ0) is 20.2. The number of carbonyl (C=O) groups excluding carboxylic acids is 1. The van der Waals surface area contributed by atoms with E-state index in [-0.39, 0.29) is 12.3 Å². The van der Waals surface area contributed by atoms with Crippen LogP contribution in [0.3, 0.4) is 0 Å². The van der Waals surface area contributed by atoms with Crippen molar-refractivity contribution < 1.29 is 39.2 Å². The van der Waals surface area contributed by atoms with Crippen molar-refractivity contribution in [2.24, 2.45) is 29.6 Å². The minimum Gasteiger partial charge on any atom is -0.481 e. The highest BCUT2D eigenvalue weighted by atomic mass is 16.6. The molecule has 0 radical (unpaired) electrons. The van der Waals surface area contributed by atoms with Crippen LogP contribution in [0.4, 0.5) is 0 Å². The predicted octanol–water partition coefficient (Wildman–Crippen LogP) is 2.03. The highest BCUT2D eigenvalue weighted by Crippen LogP contribution is 2.36. The Bertz CT molecular complexity index is 604. The zero-order valence-corrected chi connectivity index (χ0v) is 15.3. The van der Waals surface area contributed by atoms with Gasteiger partial charge in [-0.2, -0.15) is 0 Å². The molecule has 0 aromatic carbocycles. The Labute approximate surface area is 151 Å². The molecule has 0 heterocycles. The molecular formula is C18H26O8. The summed E-state index contributed by atoms with van der Waals surface area (Å²) in [7, 11) is 0. The van der Waals surface area contributed by atoms with Gasteiger partial charge in [0.15, 0.2) is 0 Å². The van der Waals surface area contributed by atoms with Gasteiger partial charge >= 0.3 is 23.9 Å². The first kappa shape index (κ1) is 21.7. The van der Waals surface area contributed by atoms with Crippen molar-refractivity contribution >= 4 is 23.9 Å². The lowest BCUT2D eigenvalue weighted by Crippen LogP contribution is -2.41. The average Bonchev–Trinajstić information content (AvgIpc) is 2.50. The molecule has 0 spiro atoms. The summed E-state index contributed by atoms with van der Waals surface area (Å²) in [6.07, 6.45) is 1.99. The Balaban J connectivity index is 3.11. The van der Waals surface area contributed by atoms with E-state index in [1.54, 1.807) is 13.8 Å². The monoisotopic (exact) mass is 370 g/mol. The van der Waals surface area contributed by atoms with E-state index in [9.17, 15) is 24.3 Å². The van der Waals surface area contributed by atoms with Crippen molar-refractivity contribution in [1.29, 1.82) is 0 Å². The van der Waals surface area contributed by atoms with Gasteiger partial charge < -0.3 is 20.1 Å². The number of esters is 1. The van der Waals surface area contributed by atoms with Gasteiger partial charge in [0.05, 0.1) is 24.2 Å². The Morgan fingerprint density at radius 3 is 2.08 bits per heavy atom. The second-order valence-electron chi connectivity index (χ2n) is 7.48. The zero-order valence-electron chi connectivity index (χ0n) is 15.3. The summed E-state index contributed by atoms with van der Waals surface area (Å²) in [6.45, 7) is 7.14. The fraction of sp³-hybridized carbons (Fsp3) is 0.667. The van der Waals surface area contributed by atoms with E-state index < -0.39 is 59.6 Å². The molecular weight excluding hydrogens is 344 g/mol. The third-order valence-corrected chi connectivity index (χ3v) is 5.10. The standard InChI is InChI=1S/C18H26O8/c1-9(2)18(3,4)26-17(25)12(8-14(19)20)10-5-6-11(15(21)22)13(7-10)16(23)24/h5-6,9-13H,7-8H2,1-4H3,(H,19,20)(H,21,22)(H,23,24). The van der Waals surface area contributed by atoms with Gasteiger partial charge in [-0.15, -0.1) is 0 Å². The normalized spacial score (nSPS) is 24.1. The summed E-state index contributed by atoms with van der Waals surface area (Å²) in [5.41, 5.74) is -0.817. The van der Waals surface area contributed by atoms with Gasteiger partial charge in [-0.05, 0) is 32.1 Å². The molecule has 8 heteroatoms. The van der Waals surface area contributed by atoms with E-state index in [1.165, 1.54) is 12.2 Å². The van der Waals surface area contributed by atoms with Gasteiger partial charge in [-0.25, -0.2) is 0 Å². The number of aliphatic carboxylic acids is 3. The maximum atomic E-state index is 12.6. The molecule has 0 amide bonds. The number of carbonyl (C=O) groups is 4. The van der Waals surface area contributed by atoms with Crippen molar-refractivity contribution in [1.82, 2.24) is 0 Å². The quantitative estimate of drug-likeness (QED) is 0.436. The summed E-state index contributed by atoms with van der Waals surface area (Å²) in [6, 6.07) is 0. The minimum absolute atomic E-state index is 0.0121. The molecule has 3 N–H and O–H groups in total. The maximum Gasteiger partial charge on any atom is 0.311 e. The first-order valence-corrected chi connectivity index (χ1v) is 8.45. The topological polar surface area (TPSA) is 138 Å². The Kier molecular flexibility index (Phi) is 6.94. The van der Waals surface area contributed by atoms with Crippen molar-refractivity contribution in [3.8, 4) is 0 Å². The molecule has 26 heavy (non-hydrogen) atoms. The number of carboxylic acid groups (broad SMARTS) is 3. The molecule has 8 nitrogen and oxygen atoms in total. The lowest BCUT2D eigenvalue weighted by Gasteiger charge is -2.34. The number of ether oxygens (including phenoxy) is 1. The van der Waals surface area contributed by atoms with Crippen LogP contribution in [0.2, 0.25) is 0 Å². The Morgan fingerprint density at radius 1 is 1.08 bits per heavy atom. The Morgan fingerprint density at radius 2 is 1.65 bits per heavy atom. The number of carboxylic acids is 3. The molecule has 0 saturated heterocycles. The SMILES string of the molecule is CC(C)C(C)(C)OC(=O)C(CC(=O)O)C1C=CC(C(=O)O)C(C(=O)O)C1. The van der Waals surface area contributed by atoms with Crippen molar-refractivity contribution in [2.45, 2.75) is 46.1 Å². The van der Waals surface area contributed by atoms with Crippen LogP contribution in [0.25, 0.3) is 0 Å². The summed E-state index contributed by atoms with van der Waals surface area (Å²) >= 11 is 0. The molecule has 0 aromatic rings. The van der Waals surface area contributed by atoms with Gasteiger partial charge in [-0.3, -0.25) is 19.2 Å². The molecule has 146 valence electrons. The van der Waals surface area contributed by atoms with Crippen LogP contribution in [-0.4, -0.2) is 44.8 Å². The van der Waals surface area contributed by atoms with Crippen molar-refractivity contribution in [2.75, 3.05) is 0 Å². The number of hydrogen-bond donors (Lipinski definition) is 3. The van der Waals surface area contributed by atoms with E-state index in [4.69, 9.17) is 14.9 Å². The van der Waals surface area contributed by atoms with Gasteiger partial charge in [0.25, 0.3) is 0 Å². The van der Waals surface area contributed by atoms with Crippen LogP contribution in [0, 0.1) is 29.6 Å². The predicted molar refractivity (Wildman–Crippen MR) is 90.3 cm³/mol. The van der Waals surface area contributed by atoms with E-state index in [1.807, 2.05) is 13.8 Å². The van der Waals surface area contributed by atoms with E-state index >= 15 is 0 Å². The molecule has 0 aliphatic heterocycles. The molecule has 0 saturated carbocycles. The van der Waals surface area contributed by atoms with Crippen molar-refractivity contribution in [3.63, 3.8) is 0 Å². The van der Waals surface area contributed by atoms with E-state index in [2.05, 4.69) is 0 Å². The van der Waals surface area contributed by atoms with E-state index in [0.717, 1.165) is 0 Å². The van der Waals surface area contributed by atoms with Gasteiger partial charge in [0, 0.05) is 0 Å². The first-order chi connectivity index (χ1) is 11.9. The highest BCUT2D eigenvalue weighted by Gasteiger charge is 2.42. The molecule has 4 unspecified atom stereocenters. The van der Waals surface area contributed by atoms with Crippen LogP contribution in [0.5, 0.6) is 0 Å². The summed E-state index contributed by atoms with van der Waals surface area (Å²) in [5.74, 6) is -8.77. The number of hydrogen-bond acceptors (Lipinski definition) is 5. The highest BCUT2D eigenvalue weighted by molar-refractivity contribution is 5.83. The van der Waals surface area contributed by atoms with Crippen LogP contribution in [0.1, 0.15) is 40.5 Å². The number of rotatable bonds is 8. The second-order valence-corrected chi connectivity index (χ2v) is 7.48. The van der Waals surface area contributed by atoms with Crippen LogP contribution < -0.4 is 0 Å². The third kappa shape index (κ3) is 5.31. The van der Waals surface area contributed by atoms with Crippen molar-refractivity contribution in [3.05, 3.63) is 12.2 Å². The molecule has 0 aromatic heterocycles. The average molecular weight is 370 g/mol. The molecule has 1 aliphatic rings. The lowest BCUT2D eigenvalue weighted by molar-refractivity contribution is -0.170. The molecule has 0 bridgehead atoms. The van der Waals surface area contributed by atoms with Crippen LogP contribution >= 0.6 is 0 Å². The second kappa shape index (κ2) is 8.33. The fourth-order valence-corrected chi connectivity index (χ4v) is 2.77. The van der Waals surface area contributed by atoms with Gasteiger partial charge in [0.2, 0.25) is 0 Å². The Hall–Kier alpha value is -2.38. The summed E-state index contributed by atoms with van der Waals surface area (Å²) < 4.78 is 5.49. The van der Waals surface area contributed by atoms with E-state index in [0.29, 0.717) is 0 Å². The van der Waals surface area contributed by atoms with Crippen LogP contribution in [0.15, 0.2) is 12.2 Å². The maximum absolute atomic E-state index is 12.6. The molecule has 0 fully saturated rings. The smallest absolute Gasteiger partial charge is 0.311 e. The van der Waals surface area contributed by atoms with Crippen LogP contribution in [-0.2, 0) is 23.9 Å². The molecule has 4 atom stereocenters. The molecule has 1 rings (SSSR count). The van der Waals surface area contributed by atoms with Gasteiger partial charge in [0.1, 0.15) is 5.60 Å².